The number of carbonyl (C=O) groups is 1. The molecule has 0 bridgehead atoms. The third-order valence-electron chi connectivity index (χ3n) is 3.30. The first-order valence-corrected chi connectivity index (χ1v) is 6.98. The smallest absolute Gasteiger partial charge is 0.391 e. The number of halogens is 3. The van der Waals surface area contributed by atoms with Crippen LogP contribution in [0.5, 0.6) is 0 Å². The van der Waals surface area contributed by atoms with Gasteiger partial charge in [-0.2, -0.15) is 13.2 Å². The van der Waals surface area contributed by atoms with E-state index in [9.17, 15) is 18.0 Å². The fraction of sp³-hybridized carbons (Fsp3) is 0.846. The van der Waals surface area contributed by atoms with Crippen LogP contribution >= 0.6 is 0 Å². The maximum absolute atomic E-state index is 12.4. The van der Waals surface area contributed by atoms with Crippen LogP contribution in [0.2, 0.25) is 0 Å². The quantitative estimate of drug-likeness (QED) is 0.279. The Morgan fingerprint density at radius 1 is 1.29 bits per heavy atom. The molecule has 0 aromatic heterocycles. The summed E-state index contributed by atoms with van der Waals surface area (Å²) < 4.78 is 37.0. The Labute approximate surface area is 122 Å². The molecular weight excluding hydrogens is 287 g/mol. The van der Waals surface area contributed by atoms with Crippen molar-refractivity contribution < 1.29 is 23.2 Å². The van der Waals surface area contributed by atoms with E-state index in [0.29, 0.717) is 25.7 Å². The molecule has 0 fully saturated rings. The number of hydrogen-bond donors (Lipinski definition) is 3. The molecule has 0 heterocycles. The predicted octanol–water partition coefficient (Wildman–Crippen LogP) is 2.78. The van der Waals surface area contributed by atoms with Crippen LogP contribution in [0.25, 0.3) is 0 Å². The maximum atomic E-state index is 12.4. The summed E-state index contributed by atoms with van der Waals surface area (Å²) in [6, 6.07) is -1.07. The largest absolute Gasteiger partial charge is 0.409 e. The number of nitrogens with two attached hydrogens (primary N) is 1. The monoisotopic (exact) mass is 311 g/mol. The van der Waals surface area contributed by atoms with E-state index in [1.807, 2.05) is 13.8 Å². The number of hydrogen-bond acceptors (Lipinski definition) is 3. The number of carbonyl (C=O) groups excluding carboxylic acids is 1. The molecule has 1 unspecified atom stereocenters. The second-order valence-electron chi connectivity index (χ2n) is 5.26. The summed E-state index contributed by atoms with van der Waals surface area (Å²) in [6.07, 6.45) is -3.71. The van der Waals surface area contributed by atoms with Gasteiger partial charge in [-0.05, 0) is 19.8 Å². The Kier molecular flexibility index (Phi) is 7.52. The molecule has 0 rings (SSSR count). The first-order chi connectivity index (χ1) is 9.62. The lowest BCUT2D eigenvalue weighted by atomic mass is 9.77. The molecular formula is C13H24F3N3O2. The van der Waals surface area contributed by atoms with Gasteiger partial charge in [0.2, 0.25) is 5.91 Å². The van der Waals surface area contributed by atoms with E-state index in [2.05, 4.69) is 10.5 Å². The zero-order valence-electron chi connectivity index (χ0n) is 12.6. The van der Waals surface area contributed by atoms with Crippen molar-refractivity contribution in [2.24, 2.45) is 16.3 Å². The molecule has 0 aromatic carbocycles. The molecule has 4 N–H and O–H groups in total. The van der Waals surface area contributed by atoms with Crippen LogP contribution in [-0.2, 0) is 4.79 Å². The second kappa shape index (κ2) is 8.09. The number of amides is 1. The second-order valence-corrected chi connectivity index (χ2v) is 5.26. The zero-order valence-corrected chi connectivity index (χ0v) is 12.6. The van der Waals surface area contributed by atoms with Gasteiger partial charge in [-0.15, -0.1) is 0 Å². The lowest BCUT2D eigenvalue weighted by molar-refractivity contribution is -0.143. The average molecular weight is 311 g/mol. The summed E-state index contributed by atoms with van der Waals surface area (Å²) >= 11 is 0. The van der Waals surface area contributed by atoms with Gasteiger partial charge in [-0.25, -0.2) is 0 Å². The molecule has 1 amide bonds. The molecule has 1 atom stereocenters. The number of nitrogens with one attached hydrogen (secondary N) is 1. The van der Waals surface area contributed by atoms with Crippen LogP contribution in [0, 0.1) is 5.41 Å². The highest BCUT2D eigenvalue weighted by Crippen LogP contribution is 2.31. The van der Waals surface area contributed by atoms with Gasteiger partial charge in [0.1, 0.15) is 5.41 Å². The van der Waals surface area contributed by atoms with Crippen molar-refractivity contribution in [3.05, 3.63) is 0 Å². The summed E-state index contributed by atoms with van der Waals surface area (Å²) in [5, 5.41) is 14.1. The van der Waals surface area contributed by atoms with Gasteiger partial charge in [-0.1, -0.05) is 31.8 Å². The SMILES string of the molecule is CCCC(CCC)(C(=O)NC(C)CC(F)(F)F)C(N)=NO. The minimum Gasteiger partial charge on any atom is -0.409 e. The molecule has 5 nitrogen and oxygen atoms in total. The third kappa shape index (κ3) is 5.81. The summed E-state index contributed by atoms with van der Waals surface area (Å²) in [4.78, 5) is 12.4. The van der Waals surface area contributed by atoms with Gasteiger partial charge >= 0.3 is 6.18 Å². The zero-order chi connectivity index (χ0) is 16.7. The third-order valence-corrected chi connectivity index (χ3v) is 3.30. The van der Waals surface area contributed by atoms with Gasteiger partial charge in [-0.3, -0.25) is 4.79 Å². The van der Waals surface area contributed by atoms with Gasteiger partial charge < -0.3 is 16.3 Å². The Morgan fingerprint density at radius 2 is 1.76 bits per heavy atom. The van der Waals surface area contributed by atoms with Crippen molar-refractivity contribution >= 4 is 11.7 Å². The van der Waals surface area contributed by atoms with E-state index in [1.165, 1.54) is 6.92 Å². The standard InChI is InChI=1S/C13H24F3N3O2/c1-4-6-12(7-5-2,10(17)19-21)11(20)18-9(3)8-13(14,15)16/h9,21H,4-8H2,1-3H3,(H2,17,19)(H,18,20). The fourth-order valence-electron chi connectivity index (χ4n) is 2.43. The van der Waals surface area contributed by atoms with Crippen molar-refractivity contribution in [3.63, 3.8) is 0 Å². The first-order valence-electron chi connectivity index (χ1n) is 6.98. The molecule has 0 aliphatic carbocycles. The summed E-state index contributed by atoms with van der Waals surface area (Å²) in [6.45, 7) is 4.92. The van der Waals surface area contributed by atoms with Crippen molar-refractivity contribution in [2.45, 2.75) is 65.1 Å². The van der Waals surface area contributed by atoms with Crippen LogP contribution in [0.3, 0.4) is 0 Å². The molecule has 0 radical (unpaired) electrons. The molecule has 0 aliphatic rings. The molecule has 0 saturated carbocycles. The van der Waals surface area contributed by atoms with Crippen LogP contribution < -0.4 is 11.1 Å². The van der Waals surface area contributed by atoms with Gasteiger partial charge in [0.25, 0.3) is 0 Å². The highest BCUT2D eigenvalue weighted by molar-refractivity contribution is 6.06. The van der Waals surface area contributed by atoms with Crippen LogP contribution in [0.1, 0.15) is 52.9 Å². The Hall–Kier alpha value is -1.47. The van der Waals surface area contributed by atoms with Gasteiger partial charge in [0.05, 0.1) is 6.42 Å². The minimum absolute atomic E-state index is 0.261. The molecule has 0 aliphatic heterocycles. The first kappa shape index (κ1) is 19.5. The Morgan fingerprint density at radius 3 is 2.10 bits per heavy atom. The average Bonchev–Trinajstić information content (AvgIpc) is 2.34. The van der Waals surface area contributed by atoms with Gasteiger partial charge in [0, 0.05) is 6.04 Å². The van der Waals surface area contributed by atoms with Crippen LogP contribution in [0.4, 0.5) is 13.2 Å². The predicted molar refractivity (Wildman–Crippen MR) is 73.9 cm³/mol. The Balaban J connectivity index is 5.20. The van der Waals surface area contributed by atoms with Crippen molar-refractivity contribution in [3.8, 4) is 0 Å². The van der Waals surface area contributed by atoms with Crippen molar-refractivity contribution in [1.82, 2.24) is 5.32 Å². The molecule has 0 aromatic rings. The maximum Gasteiger partial charge on any atom is 0.391 e. The lowest BCUT2D eigenvalue weighted by Crippen LogP contribution is -2.52. The van der Waals surface area contributed by atoms with Crippen LogP contribution in [0.15, 0.2) is 5.16 Å². The number of rotatable bonds is 8. The molecule has 21 heavy (non-hydrogen) atoms. The molecule has 8 heteroatoms. The highest BCUT2D eigenvalue weighted by atomic mass is 19.4. The van der Waals surface area contributed by atoms with E-state index in [0.717, 1.165) is 0 Å². The fourth-order valence-corrected chi connectivity index (χ4v) is 2.43. The topological polar surface area (TPSA) is 87.7 Å². The number of alkyl halides is 3. The van der Waals surface area contributed by atoms with Crippen molar-refractivity contribution in [2.75, 3.05) is 0 Å². The molecule has 0 spiro atoms. The number of oxime groups is 1. The minimum atomic E-state index is -4.36. The van der Waals surface area contributed by atoms with Crippen molar-refractivity contribution in [1.29, 1.82) is 0 Å². The molecule has 124 valence electrons. The molecule has 0 saturated heterocycles. The number of amidine groups is 1. The summed E-state index contributed by atoms with van der Waals surface area (Å²) in [5.41, 5.74) is 4.38. The van der Waals surface area contributed by atoms with Crippen LogP contribution in [-0.4, -0.2) is 29.2 Å². The van der Waals surface area contributed by atoms with E-state index in [1.54, 1.807) is 0 Å². The summed E-state index contributed by atoms with van der Waals surface area (Å²) in [5.74, 6) is -0.888. The Bertz CT molecular complexity index is 364. The summed E-state index contributed by atoms with van der Waals surface area (Å²) in [7, 11) is 0. The lowest BCUT2D eigenvalue weighted by Gasteiger charge is -2.32. The normalized spacial score (nSPS) is 14.9. The van der Waals surface area contributed by atoms with E-state index in [-0.39, 0.29) is 5.84 Å². The van der Waals surface area contributed by atoms with E-state index < -0.39 is 30.0 Å². The van der Waals surface area contributed by atoms with Gasteiger partial charge in [0.15, 0.2) is 5.84 Å². The highest BCUT2D eigenvalue weighted by Gasteiger charge is 2.42. The van der Waals surface area contributed by atoms with E-state index >= 15 is 0 Å². The van der Waals surface area contributed by atoms with E-state index in [4.69, 9.17) is 10.9 Å². The number of nitrogens with zero attached hydrogens (tertiary/aromatic N) is 1.